The third-order valence-electron chi connectivity index (χ3n) is 5.94. The predicted octanol–water partition coefficient (Wildman–Crippen LogP) is 3.66. The van der Waals surface area contributed by atoms with Crippen LogP contribution < -0.4 is 0 Å². The van der Waals surface area contributed by atoms with Crippen LogP contribution in [-0.4, -0.2) is 31.7 Å². The molecule has 4 atom stereocenters. The molecular weight excluding hydrogens is 396 g/mol. The summed E-state index contributed by atoms with van der Waals surface area (Å²) in [6, 6.07) is 0. The molecule has 7 heteroatoms. The van der Waals surface area contributed by atoms with Crippen molar-refractivity contribution in [2.45, 2.75) is 53.9 Å². The molecule has 0 unspecified atom stereocenters. The molecule has 3 aliphatic rings. The second-order valence-corrected chi connectivity index (χ2v) is 8.05. The normalized spacial score (nSPS) is 26.7. The maximum absolute atomic E-state index is 9.00. The van der Waals surface area contributed by atoms with E-state index in [0.29, 0.717) is 5.41 Å². The van der Waals surface area contributed by atoms with Gasteiger partial charge in [0.15, 0.2) is 0 Å². The van der Waals surface area contributed by atoms with E-state index in [4.69, 9.17) is 19.8 Å². The zero-order valence-electron chi connectivity index (χ0n) is 17.1. The van der Waals surface area contributed by atoms with Crippen LogP contribution in [0.1, 0.15) is 53.3 Å². The number of carbonyl (C=O) groups is 2. The van der Waals surface area contributed by atoms with Gasteiger partial charge in [-0.1, -0.05) is 33.1 Å². The third kappa shape index (κ3) is 7.30. The molecule has 27 heavy (non-hydrogen) atoms. The molecule has 3 saturated carbocycles. The number of aromatic nitrogens is 2. The number of imidazole rings is 1. The molecule has 1 heterocycles. The summed E-state index contributed by atoms with van der Waals surface area (Å²) in [5.74, 6) is 3.09. The predicted molar refractivity (Wildman–Crippen MR) is 100 cm³/mol. The van der Waals surface area contributed by atoms with Gasteiger partial charge in [-0.05, 0) is 23.7 Å². The molecule has 1 aromatic heterocycles. The third-order valence-corrected chi connectivity index (χ3v) is 5.94. The Kier molecular flexibility index (Phi) is 10.3. The van der Waals surface area contributed by atoms with Crippen LogP contribution in [0.15, 0.2) is 12.4 Å². The molecule has 0 saturated heterocycles. The molecule has 1 aromatic rings. The van der Waals surface area contributed by atoms with E-state index in [-0.39, 0.29) is 17.1 Å². The Labute approximate surface area is 173 Å². The minimum Gasteiger partial charge on any atom is -0.481 e. The number of aryl methyl sites for hydroxylation is 1. The number of nitrogens with zero attached hydrogens (tertiary/aromatic N) is 2. The van der Waals surface area contributed by atoms with Gasteiger partial charge in [0.1, 0.15) is 0 Å². The number of aliphatic carboxylic acids is 2. The molecule has 3 aliphatic carbocycles. The van der Waals surface area contributed by atoms with Crippen LogP contribution in [-0.2, 0) is 40.1 Å². The number of fused-ring (bicyclic) bond motifs is 2. The number of hydrogen-bond acceptors (Lipinski definition) is 3. The van der Waals surface area contributed by atoms with Gasteiger partial charge in [0.05, 0.1) is 5.82 Å². The monoisotopic (exact) mass is 428 g/mol. The molecule has 3 fully saturated rings. The smallest absolute Gasteiger partial charge is 0.481 e. The minimum absolute atomic E-state index is 0. The van der Waals surface area contributed by atoms with Crippen molar-refractivity contribution in [3.05, 3.63) is 24.6 Å². The van der Waals surface area contributed by atoms with E-state index in [1.165, 1.54) is 18.7 Å². The summed E-state index contributed by atoms with van der Waals surface area (Å²) in [5, 5.41) is 14.8. The van der Waals surface area contributed by atoms with E-state index >= 15 is 0 Å². The van der Waals surface area contributed by atoms with Crippen molar-refractivity contribution in [3.8, 4) is 0 Å². The maximum Gasteiger partial charge on any atom is 1.00 e. The Balaban J connectivity index is 0.000000646. The standard InChI is InChI=1S/C16H25N2.2C2H4O2.Cu/c1-11-12(5-6-15-17-7-8-18(15)4)9-13-10-14(11)16(13,2)3;2*1-2(3)4;/h5,7-8,11-14H,6,9-10H2,1-4H3;2*1H3,(H,3,4);/q-1;;;+1/t11-,12+,13+,14+;;;/m0.../s1. The molecule has 6 nitrogen and oxygen atoms in total. The summed E-state index contributed by atoms with van der Waals surface area (Å²) in [6.45, 7) is 9.57. The van der Waals surface area contributed by atoms with Crippen LogP contribution in [0.25, 0.3) is 0 Å². The maximum atomic E-state index is 9.00. The van der Waals surface area contributed by atoms with Crippen molar-refractivity contribution in [2.75, 3.05) is 0 Å². The molecule has 2 N–H and O–H groups in total. The Morgan fingerprint density at radius 3 is 2.15 bits per heavy atom. The molecule has 0 amide bonds. The molecule has 0 spiro atoms. The second kappa shape index (κ2) is 10.9. The van der Waals surface area contributed by atoms with Gasteiger partial charge in [0.25, 0.3) is 11.9 Å². The zero-order valence-corrected chi connectivity index (χ0v) is 18.0. The van der Waals surface area contributed by atoms with Gasteiger partial charge in [0, 0.05) is 33.3 Å². The molecular formula is C20H33CuN2O4. The van der Waals surface area contributed by atoms with Crippen molar-refractivity contribution in [3.63, 3.8) is 0 Å². The molecule has 0 aliphatic heterocycles. The van der Waals surface area contributed by atoms with Crippen LogP contribution in [0.4, 0.5) is 0 Å². The summed E-state index contributed by atoms with van der Waals surface area (Å²) in [7, 11) is 2.08. The van der Waals surface area contributed by atoms with Crippen LogP contribution in [0.3, 0.4) is 0 Å². The fraction of sp³-hybridized carbons (Fsp3) is 0.700. The van der Waals surface area contributed by atoms with Crippen LogP contribution in [0.5, 0.6) is 0 Å². The molecule has 2 bridgehead atoms. The molecule has 0 aromatic carbocycles. The second-order valence-electron chi connectivity index (χ2n) is 8.05. The first-order valence-electron chi connectivity index (χ1n) is 9.15. The van der Waals surface area contributed by atoms with Crippen molar-refractivity contribution in [1.82, 2.24) is 9.55 Å². The Morgan fingerprint density at radius 2 is 1.78 bits per heavy atom. The SMILES string of the molecule is CC(=O)O.CC(=O)O.C[C@H]1[C@H]([CH-]Cc2nccn2C)C[C@@H]2C[C@H]1C2(C)C.[Cu+]. The van der Waals surface area contributed by atoms with Gasteiger partial charge in [-0.15, -0.1) is 6.42 Å². The average Bonchev–Trinajstić information content (AvgIpc) is 2.89. The van der Waals surface area contributed by atoms with Gasteiger partial charge in [0.2, 0.25) is 0 Å². The minimum atomic E-state index is -0.833. The van der Waals surface area contributed by atoms with Gasteiger partial charge in [-0.2, -0.15) is 5.92 Å². The Hall–Kier alpha value is -1.33. The summed E-state index contributed by atoms with van der Waals surface area (Å²) in [5.41, 5.74) is 0.604. The fourth-order valence-electron chi connectivity index (χ4n) is 4.35. The van der Waals surface area contributed by atoms with E-state index in [1.807, 2.05) is 12.4 Å². The summed E-state index contributed by atoms with van der Waals surface area (Å²) >= 11 is 0. The van der Waals surface area contributed by atoms with Crippen LogP contribution in [0, 0.1) is 35.5 Å². The Bertz CT molecular complexity index is 595. The van der Waals surface area contributed by atoms with E-state index in [0.717, 1.165) is 43.9 Å². The number of carboxylic acid groups (broad SMARTS) is 2. The van der Waals surface area contributed by atoms with Gasteiger partial charge < -0.3 is 21.2 Å². The van der Waals surface area contributed by atoms with Gasteiger partial charge >= 0.3 is 17.1 Å². The van der Waals surface area contributed by atoms with Crippen LogP contribution in [0.2, 0.25) is 0 Å². The quantitative estimate of drug-likeness (QED) is 0.566. The number of rotatable bonds is 3. The first-order chi connectivity index (χ1) is 12.0. The van der Waals surface area contributed by atoms with Crippen molar-refractivity contribution < 1.29 is 36.9 Å². The van der Waals surface area contributed by atoms with Crippen LogP contribution >= 0.6 is 0 Å². The van der Waals surface area contributed by atoms with E-state index in [2.05, 4.69) is 43.8 Å². The topological polar surface area (TPSA) is 92.4 Å². The largest absolute Gasteiger partial charge is 1.00 e. The summed E-state index contributed by atoms with van der Waals surface area (Å²) in [6.07, 6.45) is 10.4. The first-order valence-corrected chi connectivity index (χ1v) is 9.15. The van der Waals surface area contributed by atoms with Crippen molar-refractivity contribution in [2.24, 2.45) is 36.1 Å². The van der Waals surface area contributed by atoms with Gasteiger partial charge in [-0.3, -0.25) is 9.59 Å². The summed E-state index contributed by atoms with van der Waals surface area (Å²) < 4.78 is 2.13. The van der Waals surface area contributed by atoms with E-state index in [9.17, 15) is 0 Å². The Morgan fingerprint density at radius 1 is 1.26 bits per heavy atom. The first kappa shape index (κ1) is 25.7. The molecule has 0 radical (unpaired) electrons. The fourth-order valence-corrected chi connectivity index (χ4v) is 4.35. The number of carboxylic acids is 2. The van der Waals surface area contributed by atoms with Crippen molar-refractivity contribution >= 4 is 11.9 Å². The molecule has 158 valence electrons. The number of hydrogen-bond donors (Lipinski definition) is 2. The van der Waals surface area contributed by atoms with Crippen molar-refractivity contribution in [1.29, 1.82) is 0 Å². The van der Waals surface area contributed by atoms with E-state index in [1.54, 1.807) is 0 Å². The molecule has 4 rings (SSSR count). The van der Waals surface area contributed by atoms with E-state index < -0.39 is 11.9 Å². The average molecular weight is 429 g/mol. The summed E-state index contributed by atoms with van der Waals surface area (Å²) in [4.78, 5) is 22.4. The van der Waals surface area contributed by atoms with Gasteiger partial charge in [-0.25, -0.2) is 4.98 Å². The zero-order chi connectivity index (χ0) is 20.1.